The van der Waals surface area contributed by atoms with E-state index in [1.165, 1.54) is 0 Å². The first-order chi connectivity index (χ1) is 8.54. The molecular formula is C12H19N3O3. The van der Waals surface area contributed by atoms with Crippen LogP contribution in [0.2, 0.25) is 0 Å². The summed E-state index contributed by atoms with van der Waals surface area (Å²) in [7, 11) is 0. The van der Waals surface area contributed by atoms with Crippen LogP contribution in [-0.4, -0.2) is 26.7 Å². The second-order valence-corrected chi connectivity index (χ2v) is 4.20. The maximum Gasteiger partial charge on any atom is 0.303 e. The minimum Gasteiger partial charge on any atom is -0.481 e. The van der Waals surface area contributed by atoms with Crippen LogP contribution < -0.4 is 10.9 Å². The van der Waals surface area contributed by atoms with Crippen LogP contribution in [0.4, 0.5) is 5.82 Å². The standard InChI is InChI=1S/C12H19N3O3/c1-3-15-8-7-13-11(12(15)18)14-9(2)5-4-6-10(16)17/h7-9H,3-6H2,1-2H3,(H,13,14)(H,16,17). The lowest BCUT2D eigenvalue weighted by Gasteiger charge is -2.14. The second kappa shape index (κ2) is 6.78. The van der Waals surface area contributed by atoms with E-state index in [1.54, 1.807) is 17.0 Å². The van der Waals surface area contributed by atoms with Crippen LogP contribution in [0.3, 0.4) is 0 Å². The van der Waals surface area contributed by atoms with E-state index in [0.717, 1.165) is 0 Å². The van der Waals surface area contributed by atoms with Crippen molar-refractivity contribution in [2.75, 3.05) is 5.32 Å². The minimum absolute atomic E-state index is 0.0252. The number of nitrogens with one attached hydrogen (secondary N) is 1. The van der Waals surface area contributed by atoms with Crippen molar-refractivity contribution < 1.29 is 9.90 Å². The fraction of sp³-hybridized carbons (Fsp3) is 0.583. The summed E-state index contributed by atoms with van der Waals surface area (Å²) in [6.07, 6.45) is 4.64. The number of carboxylic acids is 1. The highest BCUT2D eigenvalue weighted by Gasteiger charge is 2.08. The molecule has 1 heterocycles. The fourth-order valence-corrected chi connectivity index (χ4v) is 1.66. The van der Waals surface area contributed by atoms with Crippen molar-refractivity contribution in [2.24, 2.45) is 0 Å². The molecule has 0 spiro atoms. The second-order valence-electron chi connectivity index (χ2n) is 4.20. The van der Waals surface area contributed by atoms with Crippen molar-refractivity contribution in [3.05, 3.63) is 22.7 Å². The van der Waals surface area contributed by atoms with Crippen molar-refractivity contribution in [2.45, 2.75) is 45.7 Å². The number of aliphatic carboxylic acids is 1. The number of nitrogens with zero attached hydrogens (tertiary/aromatic N) is 2. The molecule has 6 heteroatoms. The van der Waals surface area contributed by atoms with Gasteiger partial charge in [0.15, 0.2) is 5.82 Å². The first kappa shape index (κ1) is 14.2. The molecule has 18 heavy (non-hydrogen) atoms. The van der Waals surface area contributed by atoms with Gasteiger partial charge in [0.2, 0.25) is 0 Å². The summed E-state index contributed by atoms with van der Waals surface area (Å²) in [5, 5.41) is 11.6. The van der Waals surface area contributed by atoms with Crippen LogP contribution in [-0.2, 0) is 11.3 Å². The third-order valence-electron chi connectivity index (χ3n) is 2.67. The van der Waals surface area contributed by atoms with Crippen LogP contribution in [0.1, 0.15) is 33.1 Å². The zero-order chi connectivity index (χ0) is 13.5. The zero-order valence-electron chi connectivity index (χ0n) is 10.7. The molecule has 0 amide bonds. The molecule has 0 fully saturated rings. The maximum atomic E-state index is 11.9. The minimum atomic E-state index is -0.798. The molecule has 0 aliphatic heterocycles. The Kier molecular flexibility index (Phi) is 5.35. The smallest absolute Gasteiger partial charge is 0.303 e. The average molecular weight is 253 g/mol. The Labute approximate surface area is 106 Å². The SMILES string of the molecule is CCn1ccnc(NC(C)CCCC(=O)O)c1=O. The highest BCUT2D eigenvalue weighted by atomic mass is 16.4. The molecule has 1 aromatic rings. The molecule has 0 saturated heterocycles. The lowest BCUT2D eigenvalue weighted by atomic mass is 10.1. The topological polar surface area (TPSA) is 84.2 Å². The van der Waals surface area contributed by atoms with Gasteiger partial charge in [0.1, 0.15) is 0 Å². The first-order valence-electron chi connectivity index (χ1n) is 6.08. The maximum absolute atomic E-state index is 11.9. The van der Waals surface area contributed by atoms with E-state index in [4.69, 9.17) is 5.11 Å². The Hall–Kier alpha value is -1.85. The van der Waals surface area contributed by atoms with Gasteiger partial charge in [-0.1, -0.05) is 0 Å². The monoisotopic (exact) mass is 253 g/mol. The number of aromatic nitrogens is 2. The van der Waals surface area contributed by atoms with E-state index in [0.29, 0.717) is 25.2 Å². The zero-order valence-corrected chi connectivity index (χ0v) is 10.7. The fourth-order valence-electron chi connectivity index (χ4n) is 1.66. The molecule has 0 aliphatic rings. The van der Waals surface area contributed by atoms with Crippen molar-refractivity contribution in [1.29, 1.82) is 0 Å². The predicted molar refractivity (Wildman–Crippen MR) is 68.7 cm³/mol. The molecule has 0 saturated carbocycles. The molecule has 6 nitrogen and oxygen atoms in total. The van der Waals surface area contributed by atoms with Gasteiger partial charge in [-0.15, -0.1) is 0 Å². The molecule has 1 aromatic heterocycles. The molecule has 0 aromatic carbocycles. The van der Waals surface area contributed by atoms with Gasteiger partial charge in [0.05, 0.1) is 0 Å². The summed E-state index contributed by atoms with van der Waals surface area (Å²) < 4.78 is 1.57. The van der Waals surface area contributed by atoms with Gasteiger partial charge in [-0.2, -0.15) is 0 Å². The van der Waals surface area contributed by atoms with Crippen LogP contribution in [0.5, 0.6) is 0 Å². The van der Waals surface area contributed by atoms with Crippen molar-refractivity contribution in [3.63, 3.8) is 0 Å². The van der Waals surface area contributed by atoms with Gasteiger partial charge in [0, 0.05) is 31.4 Å². The molecule has 0 radical (unpaired) electrons. The van der Waals surface area contributed by atoms with Gasteiger partial charge >= 0.3 is 5.97 Å². The number of rotatable bonds is 7. The lowest BCUT2D eigenvalue weighted by molar-refractivity contribution is -0.137. The third kappa shape index (κ3) is 4.20. The Bertz CT molecular complexity index is 456. The van der Waals surface area contributed by atoms with Gasteiger partial charge in [-0.25, -0.2) is 4.98 Å². The summed E-state index contributed by atoms with van der Waals surface area (Å²) in [5.74, 6) is -0.476. The van der Waals surface area contributed by atoms with Crippen molar-refractivity contribution in [1.82, 2.24) is 9.55 Å². The van der Waals surface area contributed by atoms with E-state index in [-0.39, 0.29) is 18.0 Å². The molecule has 1 atom stereocenters. The molecule has 0 bridgehead atoms. The summed E-state index contributed by atoms with van der Waals surface area (Å²) in [5.41, 5.74) is -0.148. The number of carboxylic acid groups (broad SMARTS) is 1. The Morgan fingerprint density at radius 2 is 2.33 bits per heavy atom. The van der Waals surface area contributed by atoms with E-state index < -0.39 is 5.97 Å². The Balaban J connectivity index is 2.56. The third-order valence-corrected chi connectivity index (χ3v) is 2.67. The van der Waals surface area contributed by atoms with Crippen LogP contribution in [0.25, 0.3) is 0 Å². The Morgan fingerprint density at radius 1 is 1.61 bits per heavy atom. The molecular weight excluding hydrogens is 234 g/mol. The van der Waals surface area contributed by atoms with E-state index in [1.807, 2.05) is 13.8 Å². The largest absolute Gasteiger partial charge is 0.481 e. The number of anilines is 1. The van der Waals surface area contributed by atoms with Gasteiger partial charge in [-0.05, 0) is 26.7 Å². The summed E-state index contributed by atoms with van der Waals surface area (Å²) >= 11 is 0. The average Bonchev–Trinajstić information content (AvgIpc) is 2.31. The van der Waals surface area contributed by atoms with Gasteiger partial charge in [-0.3, -0.25) is 9.59 Å². The van der Waals surface area contributed by atoms with Gasteiger partial charge < -0.3 is 15.0 Å². The van der Waals surface area contributed by atoms with E-state index in [9.17, 15) is 9.59 Å². The Morgan fingerprint density at radius 3 is 2.94 bits per heavy atom. The first-order valence-corrected chi connectivity index (χ1v) is 6.08. The van der Waals surface area contributed by atoms with E-state index >= 15 is 0 Å². The highest BCUT2D eigenvalue weighted by Crippen LogP contribution is 2.05. The normalized spacial score (nSPS) is 12.1. The number of carbonyl (C=O) groups is 1. The molecule has 1 unspecified atom stereocenters. The quantitative estimate of drug-likeness (QED) is 0.765. The van der Waals surface area contributed by atoms with Crippen LogP contribution >= 0.6 is 0 Å². The summed E-state index contributed by atoms with van der Waals surface area (Å²) in [6.45, 7) is 4.40. The van der Waals surface area contributed by atoms with Crippen LogP contribution in [0, 0.1) is 0 Å². The summed E-state index contributed by atoms with van der Waals surface area (Å²) in [6, 6.07) is 0.0252. The molecule has 0 aliphatic carbocycles. The summed E-state index contributed by atoms with van der Waals surface area (Å²) in [4.78, 5) is 26.3. The van der Waals surface area contributed by atoms with Crippen LogP contribution in [0.15, 0.2) is 17.2 Å². The van der Waals surface area contributed by atoms with Crippen molar-refractivity contribution >= 4 is 11.8 Å². The van der Waals surface area contributed by atoms with Crippen molar-refractivity contribution in [3.8, 4) is 0 Å². The van der Waals surface area contributed by atoms with Gasteiger partial charge in [0.25, 0.3) is 5.56 Å². The predicted octanol–water partition coefficient (Wildman–Crippen LogP) is 1.32. The van der Waals surface area contributed by atoms with E-state index in [2.05, 4.69) is 10.3 Å². The number of hydrogen-bond donors (Lipinski definition) is 2. The highest BCUT2D eigenvalue weighted by molar-refractivity contribution is 5.66. The molecule has 100 valence electrons. The lowest BCUT2D eigenvalue weighted by Crippen LogP contribution is -2.27. The molecule has 2 N–H and O–H groups in total. The number of hydrogen-bond acceptors (Lipinski definition) is 4. The number of aryl methyl sites for hydroxylation is 1. The molecule has 1 rings (SSSR count).